The third kappa shape index (κ3) is 2.43. The maximum Gasteiger partial charge on any atom is 0.202 e. The summed E-state index contributed by atoms with van der Waals surface area (Å²) in [6, 6.07) is 5.44. The summed E-state index contributed by atoms with van der Waals surface area (Å²) in [4.78, 5) is 11.1. The highest BCUT2D eigenvalue weighted by Crippen LogP contribution is 2.35. The van der Waals surface area contributed by atoms with E-state index in [0.717, 1.165) is 24.5 Å². The number of anilines is 1. The zero-order chi connectivity index (χ0) is 16.2. The van der Waals surface area contributed by atoms with Crippen LogP contribution >= 0.6 is 23.2 Å². The molecule has 0 spiro atoms. The minimum Gasteiger partial charge on any atom is -0.351 e. The molecule has 1 fully saturated rings. The molecule has 3 aromatic rings. The molecule has 23 heavy (non-hydrogen) atoms. The Morgan fingerprint density at radius 2 is 2.09 bits per heavy atom. The van der Waals surface area contributed by atoms with E-state index in [1.54, 1.807) is 12.3 Å². The molecule has 6 nitrogen and oxygen atoms in total. The van der Waals surface area contributed by atoms with Crippen LogP contribution < -0.4 is 10.6 Å². The number of aromatic nitrogens is 4. The fraction of sp³-hybridized carbons (Fsp3) is 0.267. The zero-order valence-corrected chi connectivity index (χ0v) is 13.9. The number of nitrogens with zero attached hydrogens (tertiary/aromatic N) is 4. The van der Waals surface area contributed by atoms with Crippen LogP contribution in [0.15, 0.2) is 24.4 Å². The number of hydrogen-bond acceptors (Lipinski definition) is 5. The second kappa shape index (κ2) is 5.06. The number of nitrogens with two attached hydrogens (primary N) is 1. The Morgan fingerprint density at radius 1 is 1.30 bits per heavy atom. The molecular formula is C15H14Cl2N6. The number of H-pyrrole nitrogens is 1. The highest BCUT2D eigenvalue weighted by molar-refractivity contribution is 6.43. The Balaban J connectivity index is 1.75. The molecule has 0 unspecified atom stereocenters. The van der Waals surface area contributed by atoms with Crippen LogP contribution in [0, 0.1) is 0 Å². The Bertz CT molecular complexity index is 896. The average molecular weight is 349 g/mol. The van der Waals surface area contributed by atoms with Gasteiger partial charge in [-0.3, -0.25) is 5.10 Å². The maximum atomic E-state index is 6.28. The van der Waals surface area contributed by atoms with Gasteiger partial charge in [-0.05, 0) is 13.0 Å². The Kier molecular flexibility index (Phi) is 3.23. The van der Waals surface area contributed by atoms with Crippen molar-refractivity contribution in [2.75, 3.05) is 18.0 Å². The lowest BCUT2D eigenvalue weighted by Gasteiger charge is -2.45. The van der Waals surface area contributed by atoms with Crippen molar-refractivity contribution in [3.05, 3.63) is 34.4 Å². The summed E-state index contributed by atoms with van der Waals surface area (Å²) in [7, 11) is 0. The van der Waals surface area contributed by atoms with E-state index in [2.05, 4.69) is 25.1 Å². The van der Waals surface area contributed by atoms with Crippen LogP contribution in [0.5, 0.6) is 0 Å². The molecule has 3 heterocycles. The lowest BCUT2D eigenvalue weighted by atomic mass is 9.94. The van der Waals surface area contributed by atoms with Gasteiger partial charge in [0.25, 0.3) is 0 Å². The predicted molar refractivity (Wildman–Crippen MR) is 91.9 cm³/mol. The third-order valence-corrected chi connectivity index (χ3v) is 4.72. The van der Waals surface area contributed by atoms with Crippen LogP contribution in [-0.2, 0) is 0 Å². The van der Waals surface area contributed by atoms with Gasteiger partial charge in [0, 0.05) is 24.2 Å². The molecule has 2 aromatic heterocycles. The molecule has 1 aliphatic rings. The molecule has 0 saturated carbocycles. The fourth-order valence-electron chi connectivity index (χ4n) is 2.81. The van der Waals surface area contributed by atoms with Gasteiger partial charge in [0.05, 0.1) is 21.9 Å². The van der Waals surface area contributed by atoms with Gasteiger partial charge in [-0.1, -0.05) is 35.3 Å². The minimum absolute atomic E-state index is 0.165. The van der Waals surface area contributed by atoms with Gasteiger partial charge in [0.15, 0.2) is 0 Å². The standard InChI is InChI=1S/C15H14Cl2N6/c1-15(18)6-23(7-15)10-5-19-13-12(21-22-14(13)20-10)8-3-2-4-9(16)11(8)17/h2-5H,6-7,18H2,1H3,(H,20,21,22). The molecular weight excluding hydrogens is 335 g/mol. The van der Waals surface area contributed by atoms with E-state index in [0.29, 0.717) is 26.9 Å². The summed E-state index contributed by atoms with van der Waals surface area (Å²) in [6.45, 7) is 3.53. The van der Waals surface area contributed by atoms with Gasteiger partial charge < -0.3 is 10.6 Å². The smallest absolute Gasteiger partial charge is 0.202 e. The van der Waals surface area contributed by atoms with E-state index < -0.39 is 0 Å². The van der Waals surface area contributed by atoms with Crippen LogP contribution in [0.4, 0.5) is 5.82 Å². The molecule has 0 radical (unpaired) electrons. The van der Waals surface area contributed by atoms with E-state index in [1.165, 1.54) is 0 Å². The van der Waals surface area contributed by atoms with Crippen LogP contribution in [-0.4, -0.2) is 38.8 Å². The number of rotatable bonds is 2. The monoisotopic (exact) mass is 348 g/mol. The van der Waals surface area contributed by atoms with E-state index in [9.17, 15) is 0 Å². The largest absolute Gasteiger partial charge is 0.351 e. The molecule has 4 rings (SSSR count). The Morgan fingerprint density at radius 3 is 2.83 bits per heavy atom. The number of benzene rings is 1. The number of halogens is 2. The average Bonchev–Trinajstić information content (AvgIpc) is 2.90. The van der Waals surface area contributed by atoms with Gasteiger partial charge in [-0.15, -0.1) is 0 Å². The second-order valence-electron chi connectivity index (χ2n) is 6.11. The molecule has 0 amide bonds. The van der Waals surface area contributed by atoms with Crippen molar-refractivity contribution < 1.29 is 0 Å². The van der Waals surface area contributed by atoms with Crippen molar-refractivity contribution in [1.82, 2.24) is 20.2 Å². The Labute approximate surface area is 142 Å². The van der Waals surface area contributed by atoms with Crippen LogP contribution in [0.25, 0.3) is 22.4 Å². The quantitative estimate of drug-likeness (QED) is 0.743. The summed E-state index contributed by atoms with van der Waals surface area (Å²) in [5.41, 5.74) is 8.53. The summed E-state index contributed by atoms with van der Waals surface area (Å²) < 4.78 is 0. The normalized spacial score (nSPS) is 16.6. The SMILES string of the molecule is CC1(N)CN(c2cnc3c(-c4cccc(Cl)c4Cl)[nH]nc3n2)C1. The molecule has 0 aliphatic carbocycles. The molecule has 8 heteroatoms. The zero-order valence-electron chi connectivity index (χ0n) is 12.3. The van der Waals surface area contributed by atoms with Gasteiger partial charge in [0.2, 0.25) is 5.65 Å². The highest BCUT2D eigenvalue weighted by Gasteiger charge is 2.36. The predicted octanol–water partition coefficient (Wildman–Crippen LogP) is 2.86. The summed E-state index contributed by atoms with van der Waals surface area (Å²) in [6.07, 6.45) is 1.73. The molecule has 3 N–H and O–H groups in total. The number of nitrogens with one attached hydrogen (secondary N) is 1. The molecule has 0 bridgehead atoms. The summed E-state index contributed by atoms with van der Waals surface area (Å²) in [5, 5.41) is 8.15. The third-order valence-electron chi connectivity index (χ3n) is 3.90. The minimum atomic E-state index is -0.165. The van der Waals surface area contributed by atoms with Crippen molar-refractivity contribution in [3.8, 4) is 11.3 Å². The first-order valence-corrected chi connectivity index (χ1v) is 7.89. The van der Waals surface area contributed by atoms with Crippen molar-refractivity contribution in [2.24, 2.45) is 5.73 Å². The maximum absolute atomic E-state index is 6.28. The second-order valence-corrected chi connectivity index (χ2v) is 6.90. The van der Waals surface area contributed by atoms with Crippen LogP contribution in [0.3, 0.4) is 0 Å². The molecule has 0 atom stereocenters. The number of fused-ring (bicyclic) bond motifs is 1. The van der Waals surface area contributed by atoms with Gasteiger partial charge >= 0.3 is 0 Å². The van der Waals surface area contributed by atoms with Crippen LogP contribution in [0.2, 0.25) is 10.0 Å². The summed E-state index contributed by atoms with van der Waals surface area (Å²) >= 11 is 12.4. The van der Waals surface area contributed by atoms with E-state index in [1.807, 2.05) is 19.1 Å². The highest BCUT2D eigenvalue weighted by atomic mass is 35.5. The number of aromatic amines is 1. The van der Waals surface area contributed by atoms with E-state index in [4.69, 9.17) is 28.9 Å². The van der Waals surface area contributed by atoms with E-state index in [-0.39, 0.29) is 5.54 Å². The van der Waals surface area contributed by atoms with Crippen molar-refractivity contribution >= 4 is 40.2 Å². The summed E-state index contributed by atoms with van der Waals surface area (Å²) in [5.74, 6) is 0.774. The topological polar surface area (TPSA) is 83.7 Å². The molecule has 1 aromatic carbocycles. The molecule has 1 aliphatic heterocycles. The van der Waals surface area contributed by atoms with Gasteiger partial charge in [-0.25, -0.2) is 9.97 Å². The Hall–Kier alpha value is -1.89. The first-order chi connectivity index (χ1) is 10.9. The lowest BCUT2D eigenvalue weighted by molar-refractivity contribution is 0.363. The van der Waals surface area contributed by atoms with Gasteiger partial charge in [0.1, 0.15) is 11.3 Å². The van der Waals surface area contributed by atoms with Gasteiger partial charge in [-0.2, -0.15) is 5.10 Å². The fourth-order valence-corrected chi connectivity index (χ4v) is 3.21. The number of hydrogen-bond donors (Lipinski definition) is 2. The van der Waals surface area contributed by atoms with Crippen molar-refractivity contribution in [1.29, 1.82) is 0 Å². The molecule has 1 saturated heterocycles. The lowest BCUT2D eigenvalue weighted by Crippen LogP contribution is -2.65. The van der Waals surface area contributed by atoms with Crippen molar-refractivity contribution in [3.63, 3.8) is 0 Å². The van der Waals surface area contributed by atoms with Crippen molar-refractivity contribution in [2.45, 2.75) is 12.5 Å². The molecule has 118 valence electrons. The first kappa shape index (κ1) is 14.7. The van der Waals surface area contributed by atoms with Crippen LogP contribution in [0.1, 0.15) is 6.92 Å². The first-order valence-electron chi connectivity index (χ1n) is 7.14. The van der Waals surface area contributed by atoms with E-state index >= 15 is 0 Å².